The fourth-order valence-corrected chi connectivity index (χ4v) is 2.04. The second-order valence-electron chi connectivity index (χ2n) is 4.93. The molecule has 3 nitrogen and oxygen atoms in total. The first-order valence-electron chi connectivity index (χ1n) is 6.65. The molecule has 3 heteroatoms. The van der Waals surface area contributed by atoms with Gasteiger partial charge in [-0.3, -0.25) is 0 Å². The highest BCUT2D eigenvalue weighted by Gasteiger charge is 2.00. The van der Waals surface area contributed by atoms with Crippen molar-refractivity contribution in [3.63, 3.8) is 0 Å². The average Bonchev–Trinajstić information content (AvgIpc) is 2.48. The Bertz CT molecular complexity index is 594. The van der Waals surface area contributed by atoms with Gasteiger partial charge in [-0.25, -0.2) is 0 Å². The molecular formula is C17H19N3. The van der Waals surface area contributed by atoms with Crippen molar-refractivity contribution < 1.29 is 0 Å². The van der Waals surface area contributed by atoms with Gasteiger partial charge in [0, 0.05) is 32.9 Å². The van der Waals surface area contributed by atoms with Crippen molar-refractivity contribution in [2.75, 3.05) is 19.0 Å². The van der Waals surface area contributed by atoms with Crippen LogP contribution in [0.15, 0.2) is 48.5 Å². The zero-order valence-corrected chi connectivity index (χ0v) is 11.9. The number of nitriles is 1. The van der Waals surface area contributed by atoms with E-state index in [-0.39, 0.29) is 0 Å². The third-order valence-electron chi connectivity index (χ3n) is 3.24. The lowest BCUT2D eigenvalue weighted by atomic mass is 10.1. The lowest BCUT2D eigenvalue weighted by molar-refractivity contribution is 0.692. The van der Waals surface area contributed by atoms with Crippen molar-refractivity contribution in [1.82, 2.24) is 5.32 Å². The molecule has 0 radical (unpaired) electrons. The molecule has 2 aromatic carbocycles. The van der Waals surface area contributed by atoms with Gasteiger partial charge in [-0.15, -0.1) is 0 Å². The van der Waals surface area contributed by atoms with Gasteiger partial charge >= 0.3 is 0 Å². The van der Waals surface area contributed by atoms with Gasteiger partial charge in [-0.2, -0.15) is 5.26 Å². The first-order valence-corrected chi connectivity index (χ1v) is 6.65. The predicted molar refractivity (Wildman–Crippen MR) is 82.5 cm³/mol. The van der Waals surface area contributed by atoms with E-state index >= 15 is 0 Å². The average molecular weight is 265 g/mol. The van der Waals surface area contributed by atoms with Crippen LogP contribution in [-0.2, 0) is 13.1 Å². The number of rotatable bonds is 5. The fourth-order valence-electron chi connectivity index (χ4n) is 2.04. The molecule has 0 fully saturated rings. The summed E-state index contributed by atoms with van der Waals surface area (Å²) < 4.78 is 0. The molecule has 2 aromatic rings. The highest BCUT2D eigenvalue weighted by Crippen LogP contribution is 2.12. The number of benzene rings is 2. The van der Waals surface area contributed by atoms with E-state index in [1.54, 1.807) is 0 Å². The topological polar surface area (TPSA) is 39.1 Å². The Hall–Kier alpha value is -2.31. The number of hydrogen-bond donors (Lipinski definition) is 1. The molecule has 102 valence electrons. The first-order chi connectivity index (χ1) is 9.70. The third kappa shape index (κ3) is 3.59. The normalized spacial score (nSPS) is 10.1. The van der Waals surface area contributed by atoms with Crippen molar-refractivity contribution in [2.45, 2.75) is 13.1 Å². The summed E-state index contributed by atoms with van der Waals surface area (Å²) in [6.45, 7) is 1.51. The largest absolute Gasteiger partial charge is 0.378 e. The number of nitrogens with zero attached hydrogens (tertiary/aromatic N) is 2. The van der Waals surface area contributed by atoms with Crippen LogP contribution < -0.4 is 10.2 Å². The van der Waals surface area contributed by atoms with Gasteiger partial charge in [-0.05, 0) is 29.3 Å². The molecule has 0 spiro atoms. The monoisotopic (exact) mass is 265 g/mol. The Labute approximate surface area is 120 Å². The fraction of sp³-hybridized carbons (Fsp3) is 0.235. The maximum Gasteiger partial charge on any atom is 0.0995 e. The lowest BCUT2D eigenvalue weighted by Crippen LogP contribution is -2.14. The first kappa shape index (κ1) is 14.1. The molecule has 0 amide bonds. The smallest absolute Gasteiger partial charge is 0.0995 e. The maximum atomic E-state index is 9.03. The SMILES string of the molecule is CN(C)c1ccc(CNCc2ccccc2C#N)cc1. The molecule has 2 rings (SSSR count). The molecule has 0 heterocycles. The number of anilines is 1. The molecule has 0 aliphatic heterocycles. The number of nitrogens with one attached hydrogen (secondary N) is 1. The van der Waals surface area contributed by atoms with Crippen LogP contribution >= 0.6 is 0 Å². The van der Waals surface area contributed by atoms with E-state index in [0.717, 1.165) is 17.7 Å². The van der Waals surface area contributed by atoms with Gasteiger partial charge in [0.05, 0.1) is 11.6 Å². The Balaban J connectivity index is 1.91. The van der Waals surface area contributed by atoms with Crippen molar-refractivity contribution in [1.29, 1.82) is 5.26 Å². The maximum absolute atomic E-state index is 9.03. The minimum absolute atomic E-state index is 0.708. The van der Waals surface area contributed by atoms with E-state index in [4.69, 9.17) is 5.26 Å². The molecule has 0 atom stereocenters. The molecule has 0 bridgehead atoms. The summed E-state index contributed by atoms with van der Waals surface area (Å²) >= 11 is 0. The third-order valence-corrected chi connectivity index (χ3v) is 3.24. The van der Waals surface area contributed by atoms with E-state index in [1.165, 1.54) is 11.3 Å². The summed E-state index contributed by atoms with van der Waals surface area (Å²) in [7, 11) is 4.07. The minimum Gasteiger partial charge on any atom is -0.378 e. The summed E-state index contributed by atoms with van der Waals surface area (Å²) in [4.78, 5) is 2.08. The van der Waals surface area contributed by atoms with Crippen LogP contribution in [0, 0.1) is 11.3 Å². The van der Waals surface area contributed by atoms with Crippen molar-refractivity contribution in [3.8, 4) is 6.07 Å². The molecular weight excluding hydrogens is 246 g/mol. The lowest BCUT2D eigenvalue weighted by Gasteiger charge is -2.13. The van der Waals surface area contributed by atoms with Gasteiger partial charge in [-0.1, -0.05) is 30.3 Å². The van der Waals surface area contributed by atoms with Crippen molar-refractivity contribution in [2.24, 2.45) is 0 Å². The van der Waals surface area contributed by atoms with Gasteiger partial charge < -0.3 is 10.2 Å². The highest BCUT2D eigenvalue weighted by atomic mass is 15.1. The quantitative estimate of drug-likeness (QED) is 0.903. The Kier molecular flexibility index (Phi) is 4.75. The minimum atomic E-state index is 0.708. The van der Waals surface area contributed by atoms with Crippen molar-refractivity contribution in [3.05, 3.63) is 65.2 Å². The van der Waals surface area contributed by atoms with Crippen LogP contribution in [0.3, 0.4) is 0 Å². The van der Waals surface area contributed by atoms with Gasteiger partial charge in [0.25, 0.3) is 0 Å². The summed E-state index contributed by atoms with van der Waals surface area (Å²) in [6.07, 6.45) is 0. The van der Waals surface area contributed by atoms with Crippen LogP contribution in [0.25, 0.3) is 0 Å². The van der Waals surface area contributed by atoms with E-state index in [1.807, 2.05) is 38.4 Å². The predicted octanol–water partition coefficient (Wildman–Crippen LogP) is 2.91. The van der Waals surface area contributed by atoms with Crippen LogP contribution in [0.2, 0.25) is 0 Å². The second-order valence-corrected chi connectivity index (χ2v) is 4.93. The van der Waals surface area contributed by atoms with Crippen LogP contribution in [-0.4, -0.2) is 14.1 Å². The van der Waals surface area contributed by atoms with E-state index in [9.17, 15) is 0 Å². The summed E-state index contributed by atoms with van der Waals surface area (Å²) in [5, 5.41) is 12.4. The Morgan fingerprint density at radius 2 is 1.70 bits per heavy atom. The molecule has 0 aliphatic rings. The van der Waals surface area contributed by atoms with E-state index in [0.29, 0.717) is 6.54 Å². The molecule has 0 saturated carbocycles. The van der Waals surface area contributed by atoms with Crippen LogP contribution in [0.1, 0.15) is 16.7 Å². The zero-order valence-electron chi connectivity index (χ0n) is 11.9. The van der Waals surface area contributed by atoms with Crippen LogP contribution in [0.4, 0.5) is 5.69 Å². The van der Waals surface area contributed by atoms with E-state index in [2.05, 4.69) is 40.6 Å². The highest BCUT2D eigenvalue weighted by molar-refractivity contribution is 5.46. The molecule has 20 heavy (non-hydrogen) atoms. The van der Waals surface area contributed by atoms with E-state index < -0.39 is 0 Å². The number of hydrogen-bond acceptors (Lipinski definition) is 3. The van der Waals surface area contributed by atoms with Gasteiger partial charge in [0.15, 0.2) is 0 Å². The molecule has 0 unspecified atom stereocenters. The van der Waals surface area contributed by atoms with Crippen molar-refractivity contribution >= 4 is 5.69 Å². The summed E-state index contributed by atoms with van der Waals surface area (Å²) in [5.41, 5.74) is 4.22. The van der Waals surface area contributed by atoms with Gasteiger partial charge in [0.2, 0.25) is 0 Å². The molecule has 0 aromatic heterocycles. The standard InChI is InChI=1S/C17H19N3/c1-20(2)17-9-7-14(8-10-17)12-19-13-16-6-4-3-5-15(16)11-18/h3-10,19H,12-13H2,1-2H3. The van der Waals surface area contributed by atoms with Crippen LogP contribution in [0.5, 0.6) is 0 Å². The molecule has 1 N–H and O–H groups in total. The molecule has 0 saturated heterocycles. The Morgan fingerprint density at radius 3 is 2.35 bits per heavy atom. The summed E-state index contributed by atoms with van der Waals surface area (Å²) in [5.74, 6) is 0. The zero-order chi connectivity index (χ0) is 14.4. The van der Waals surface area contributed by atoms with Gasteiger partial charge in [0.1, 0.15) is 0 Å². The summed E-state index contributed by atoms with van der Waals surface area (Å²) in [6, 6.07) is 18.4. The molecule has 0 aliphatic carbocycles. The Morgan fingerprint density at radius 1 is 1.00 bits per heavy atom. The second kappa shape index (κ2) is 6.74.